The van der Waals surface area contributed by atoms with Gasteiger partial charge in [0.25, 0.3) is 0 Å². The molecule has 19 heavy (non-hydrogen) atoms. The number of carbonyl (C=O) groups excluding carboxylic acids is 1. The smallest absolute Gasteiger partial charge is 0.319 e. The van der Waals surface area contributed by atoms with Crippen molar-refractivity contribution in [1.29, 1.82) is 0 Å². The molecule has 6 heteroatoms. The molecule has 0 saturated heterocycles. The van der Waals surface area contributed by atoms with Gasteiger partial charge < -0.3 is 16.4 Å². The van der Waals surface area contributed by atoms with Crippen molar-refractivity contribution >= 4 is 11.7 Å². The Balaban J connectivity index is 1.95. The predicted molar refractivity (Wildman–Crippen MR) is 68.7 cm³/mol. The average Bonchev–Trinajstić information content (AvgIpc) is 2.32. The Bertz CT molecular complexity index is 505. The Morgan fingerprint density at radius 3 is 2.63 bits per heavy atom. The number of nitrogens with two attached hydrogens (primary N) is 1. The SMILES string of the molecule is CC1(C)C(N)CC1NC(=O)Nc1ccc(F)cc1F. The van der Waals surface area contributed by atoms with Gasteiger partial charge in [-0.15, -0.1) is 0 Å². The molecule has 2 amide bonds. The molecule has 2 unspecified atom stereocenters. The fourth-order valence-corrected chi connectivity index (χ4v) is 2.11. The van der Waals surface area contributed by atoms with Crippen LogP contribution < -0.4 is 16.4 Å². The predicted octanol–water partition coefficient (Wildman–Crippen LogP) is 2.21. The van der Waals surface area contributed by atoms with E-state index in [0.29, 0.717) is 6.42 Å². The number of anilines is 1. The van der Waals surface area contributed by atoms with E-state index in [4.69, 9.17) is 5.73 Å². The summed E-state index contributed by atoms with van der Waals surface area (Å²) in [5.41, 5.74) is 5.61. The molecule has 0 aliphatic heterocycles. The second-order valence-corrected chi connectivity index (χ2v) is 5.44. The van der Waals surface area contributed by atoms with Crippen LogP contribution in [0.3, 0.4) is 0 Å². The van der Waals surface area contributed by atoms with E-state index < -0.39 is 17.7 Å². The minimum Gasteiger partial charge on any atom is -0.334 e. The van der Waals surface area contributed by atoms with E-state index in [1.54, 1.807) is 0 Å². The maximum atomic E-state index is 13.4. The summed E-state index contributed by atoms with van der Waals surface area (Å²) in [4.78, 5) is 11.7. The zero-order valence-electron chi connectivity index (χ0n) is 10.8. The van der Waals surface area contributed by atoms with Gasteiger partial charge >= 0.3 is 6.03 Å². The van der Waals surface area contributed by atoms with E-state index in [2.05, 4.69) is 10.6 Å². The molecule has 1 aliphatic rings. The largest absolute Gasteiger partial charge is 0.334 e. The first-order valence-electron chi connectivity index (χ1n) is 6.09. The van der Waals surface area contributed by atoms with Crippen LogP contribution in [-0.2, 0) is 0 Å². The van der Waals surface area contributed by atoms with E-state index >= 15 is 0 Å². The molecule has 1 aromatic rings. The average molecular weight is 269 g/mol. The van der Waals surface area contributed by atoms with Crippen molar-refractivity contribution in [2.75, 3.05) is 5.32 Å². The van der Waals surface area contributed by atoms with E-state index in [0.717, 1.165) is 12.1 Å². The molecule has 1 aliphatic carbocycles. The molecule has 0 radical (unpaired) electrons. The van der Waals surface area contributed by atoms with Gasteiger partial charge in [-0.25, -0.2) is 13.6 Å². The highest BCUT2D eigenvalue weighted by molar-refractivity contribution is 5.89. The van der Waals surface area contributed by atoms with Gasteiger partial charge in [-0.1, -0.05) is 13.8 Å². The Morgan fingerprint density at radius 2 is 2.11 bits per heavy atom. The van der Waals surface area contributed by atoms with Crippen molar-refractivity contribution in [2.45, 2.75) is 32.4 Å². The maximum absolute atomic E-state index is 13.4. The number of hydrogen-bond acceptors (Lipinski definition) is 2. The monoisotopic (exact) mass is 269 g/mol. The van der Waals surface area contributed by atoms with Gasteiger partial charge in [-0.3, -0.25) is 0 Å². The Hall–Kier alpha value is -1.69. The van der Waals surface area contributed by atoms with E-state index in [1.807, 2.05) is 13.8 Å². The first-order valence-corrected chi connectivity index (χ1v) is 6.09. The van der Waals surface area contributed by atoms with Crippen molar-refractivity contribution in [2.24, 2.45) is 11.1 Å². The molecule has 2 atom stereocenters. The topological polar surface area (TPSA) is 67.1 Å². The molecule has 0 spiro atoms. The lowest BCUT2D eigenvalue weighted by Crippen LogP contribution is -2.64. The van der Waals surface area contributed by atoms with E-state index in [1.165, 1.54) is 6.07 Å². The molecule has 4 nitrogen and oxygen atoms in total. The number of hydrogen-bond donors (Lipinski definition) is 3. The summed E-state index contributed by atoms with van der Waals surface area (Å²) in [6, 6.07) is 2.46. The summed E-state index contributed by atoms with van der Waals surface area (Å²) >= 11 is 0. The van der Waals surface area contributed by atoms with Crippen LogP contribution in [0.25, 0.3) is 0 Å². The van der Waals surface area contributed by atoms with Gasteiger partial charge in [0.15, 0.2) is 0 Å². The molecule has 0 heterocycles. The summed E-state index contributed by atoms with van der Waals surface area (Å²) in [5, 5.41) is 5.09. The van der Waals surface area contributed by atoms with Gasteiger partial charge in [-0.2, -0.15) is 0 Å². The maximum Gasteiger partial charge on any atom is 0.319 e. The zero-order chi connectivity index (χ0) is 14.2. The molecule has 1 saturated carbocycles. The standard InChI is InChI=1S/C13H17F2N3O/c1-13(2)10(16)6-11(13)18-12(19)17-9-4-3-7(14)5-8(9)15/h3-5,10-11H,6,16H2,1-2H3,(H2,17,18,19). The second-order valence-electron chi connectivity index (χ2n) is 5.44. The van der Waals surface area contributed by atoms with Crippen LogP contribution in [0.1, 0.15) is 20.3 Å². The van der Waals surface area contributed by atoms with Crippen LogP contribution in [0.4, 0.5) is 19.3 Å². The van der Waals surface area contributed by atoms with Crippen LogP contribution in [-0.4, -0.2) is 18.1 Å². The van der Waals surface area contributed by atoms with Crippen LogP contribution >= 0.6 is 0 Å². The minimum absolute atomic E-state index is 0.0420. The molecule has 0 aromatic heterocycles. The van der Waals surface area contributed by atoms with Crippen molar-refractivity contribution in [3.05, 3.63) is 29.8 Å². The first-order chi connectivity index (χ1) is 8.80. The number of benzene rings is 1. The highest BCUT2D eigenvalue weighted by Crippen LogP contribution is 2.38. The molecule has 1 aromatic carbocycles. The molecular formula is C13H17F2N3O. The lowest BCUT2D eigenvalue weighted by Gasteiger charge is -2.50. The van der Waals surface area contributed by atoms with Gasteiger partial charge in [0.05, 0.1) is 5.69 Å². The van der Waals surface area contributed by atoms with Crippen molar-refractivity contribution < 1.29 is 13.6 Å². The lowest BCUT2D eigenvalue weighted by molar-refractivity contribution is 0.0815. The summed E-state index contributed by atoms with van der Waals surface area (Å²) in [5.74, 6) is -1.49. The number of nitrogens with one attached hydrogen (secondary N) is 2. The zero-order valence-corrected chi connectivity index (χ0v) is 10.8. The molecular weight excluding hydrogens is 252 g/mol. The quantitative estimate of drug-likeness (QED) is 0.770. The molecule has 0 bridgehead atoms. The second kappa shape index (κ2) is 4.77. The molecule has 4 N–H and O–H groups in total. The first kappa shape index (κ1) is 13.7. The van der Waals surface area contributed by atoms with E-state index in [-0.39, 0.29) is 23.2 Å². The van der Waals surface area contributed by atoms with Crippen LogP contribution in [0.2, 0.25) is 0 Å². The lowest BCUT2D eigenvalue weighted by atomic mass is 9.63. The summed E-state index contributed by atoms with van der Waals surface area (Å²) < 4.78 is 26.1. The minimum atomic E-state index is -0.806. The number of halogens is 2. The van der Waals surface area contributed by atoms with Gasteiger partial charge in [-0.05, 0) is 18.6 Å². The molecule has 1 fully saturated rings. The number of urea groups is 1. The number of rotatable bonds is 2. The van der Waals surface area contributed by atoms with Gasteiger partial charge in [0.1, 0.15) is 11.6 Å². The van der Waals surface area contributed by atoms with E-state index in [9.17, 15) is 13.6 Å². The summed E-state index contributed by atoms with van der Waals surface area (Å²) in [7, 11) is 0. The highest BCUT2D eigenvalue weighted by Gasteiger charge is 2.46. The number of amides is 2. The third-order valence-corrected chi connectivity index (χ3v) is 3.83. The van der Waals surface area contributed by atoms with Crippen molar-refractivity contribution in [1.82, 2.24) is 5.32 Å². The highest BCUT2D eigenvalue weighted by atomic mass is 19.1. The van der Waals surface area contributed by atoms with Crippen molar-refractivity contribution in [3.63, 3.8) is 0 Å². The number of carbonyl (C=O) groups is 1. The fourth-order valence-electron chi connectivity index (χ4n) is 2.11. The molecule has 2 rings (SSSR count). The van der Waals surface area contributed by atoms with Gasteiger partial charge in [0, 0.05) is 23.6 Å². The third-order valence-electron chi connectivity index (χ3n) is 3.83. The van der Waals surface area contributed by atoms with Crippen molar-refractivity contribution in [3.8, 4) is 0 Å². The van der Waals surface area contributed by atoms with Gasteiger partial charge in [0.2, 0.25) is 0 Å². The Labute approximate surface area is 110 Å². The summed E-state index contributed by atoms with van der Waals surface area (Å²) in [6.07, 6.45) is 0.687. The summed E-state index contributed by atoms with van der Waals surface area (Å²) in [6.45, 7) is 3.93. The van der Waals surface area contributed by atoms with Crippen LogP contribution in [0.5, 0.6) is 0 Å². The fraction of sp³-hybridized carbons (Fsp3) is 0.462. The normalized spacial score (nSPS) is 24.5. The Morgan fingerprint density at radius 1 is 1.42 bits per heavy atom. The molecule has 104 valence electrons. The Kier molecular flexibility index (Phi) is 3.45. The van der Waals surface area contributed by atoms with Crippen LogP contribution in [0, 0.1) is 17.0 Å². The third kappa shape index (κ3) is 2.68. The van der Waals surface area contributed by atoms with Crippen LogP contribution in [0.15, 0.2) is 18.2 Å².